The third-order valence-corrected chi connectivity index (χ3v) is 3.67. The van der Waals surface area contributed by atoms with Gasteiger partial charge in [-0.2, -0.15) is 0 Å². The van der Waals surface area contributed by atoms with E-state index in [1.165, 1.54) is 31.4 Å². The monoisotopic (exact) mass is 341 g/mol. The number of amides is 1. The molecular weight excluding hydrogens is 322 g/mol. The molecule has 2 aromatic carbocycles. The molecule has 2 aromatic rings. The molecule has 6 heteroatoms. The van der Waals surface area contributed by atoms with Crippen molar-refractivity contribution < 1.29 is 23.9 Å². The molecule has 1 N–H and O–H groups in total. The fourth-order valence-electron chi connectivity index (χ4n) is 2.09. The van der Waals surface area contributed by atoms with E-state index in [4.69, 9.17) is 4.74 Å². The summed E-state index contributed by atoms with van der Waals surface area (Å²) in [6, 6.07) is 11.3. The van der Waals surface area contributed by atoms with Crippen LogP contribution >= 0.6 is 0 Å². The first-order valence-corrected chi connectivity index (χ1v) is 7.63. The highest BCUT2D eigenvalue weighted by molar-refractivity contribution is 5.96. The van der Waals surface area contributed by atoms with Gasteiger partial charge in [-0.15, -0.1) is 0 Å². The third-order valence-electron chi connectivity index (χ3n) is 3.67. The summed E-state index contributed by atoms with van der Waals surface area (Å²) < 4.78 is 9.56. The molecule has 0 bridgehead atoms. The second-order valence-corrected chi connectivity index (χ2v) is 5.49. The van der Waals surface area contributed by atoms with E-state index in [-0.39, 0.29) is 5.56 Å². The largest absolute Gasteiger partial charge is 0.465 e. The van der Waals surface area contributed by atoms with Crippen molar-refractivity contribution in [2.45, 2.75) is 13.8 Å². The van der Waals surface area contributed by atoms with Crippen LogP contribution in [-0.2, 0) is 14.3 Å². The number of methoxy groups -OCH3 is 1. The molecule has 0 unspecified atom stereocenters. The van der Waals surface area contributed by atoms with Crippen LogP contribution in [0.1, 0.15) is 31.8 Å². The lowest BCUT2D eigenvalue weighted by atomic mass is 10.1. The van der Waals surface area contributed by atoms with Crippen LogP contribution in [-0.4, -0.2) is 31.6 Å². The number of ether oxygens (including phenoxy) is 2. The van der Waals surface area contributed by atoms with Crippen LogP contribution in [0.4, 0.5) is 5.69 Å². The minimum atomic E-state index is -0.647. The number of nitrogens with one attached hydrogen (secondary N) is 1. The van der Waals surface area contributed by atoms with Gasteiger partial charge in [-0.3, -0.25) is 4.79 Å². The molecule has 0 radical (unpaired) electrons. The minimum absolute atomic E-state index is 0.242. The molecule has 0 heterocycles. The summed E-state index contributed by atoms with van der Waals surface area (Å²) >= 11 is 0. The van der Waals surface area contributed by atoms with E-state index in [9.17, 15) is 14.4 Å². The van der Waals surface area contributed by atoms with Crippen molar-refractivity contribution in [1.82, 2.24) is 0 Å². The Hall–Kier alpha value is -3.15. The molecule has 2 rings (SSSR count). The predicted molar refractivity (Wildman–Crippen MR) is 92.6 cm³/mol. The lowest BCUT2D eigenvalue weighted by molar-refractivity contribution is -0.119. The van der Waals surface area contributed by atoms with E-state index in [1.54, 1.807) is 6.07 Å². The van der Waals surface area contributed by atoms with Crippen molar-refractivity contribution in [2.24, 2.45) is 0 Å². The molecule has 25 heavy (non-hydrogen) atoms. The quantitative estimate of drug-likeness (QED) is 0.846. The number of benzene rings is 2. The summed E-state index contributed by atoms with van der Waals surface area (Å²) in [5.41, 5.74) is 3.39. The topological polar surface area (TPSA) is 81.7 Å². The molecule has 0 aromatic heterocycles. The van der Waals surface area contributed by atoms with Gasteiger partial charge in [0.2, 0.25) is 0 Å². The van der Waals surface area contributed by atoms with Gasteiger partial charge in [0.1, 0.15) is 0 Å². The first kappa shape index (κ1) is 18.2. The maximum absolute atomic E-state index is 11.9. The Morgan fingerprint density at radius 2 is 1.48 bits per heavy atom. The van der Waals surface area contributed by atoms with Crippen LogP contribution < -0.4 is 5.32 Å². The van der Waals surface area contributed by atoms with Gasteiger partial charge in [0.15, 0.2) is 6.61 Å². The number of hydrogen-bond donors (Lipinski definition) is 1. The van der Waals surface area contributed by atoms with Gasteiger partial charge in [0.05, 0.1) is 18.2 Å². The number of aryl methyl sites for hydroxylation is 2. The average Bonchev–Trinajstić information content (AvgIpc) is 2.62. The van der Waals surface area contributed by atoms with Crippen LogP contribution in [0.25, 0.3) is 0 Å². The second-order valence-electron chi connectivity index (χ2n) is 5.49. The fraction of sp³-hybridized carbons (Fsp3) is 0.211. The van der Waals surface area contributed by atoms with Crippen LogP contribution in [0.15, 0.2) is 42.5 Å². The van der Waals surface area contributed by atoms with Crippen molar-refractivity contribution in [3.05, 3.63) is 64.7 Å². The lowest BCUT2D eigenvalue weighted by Gasteiger charge is -2.08. The zero-order valence-electron chi connectivity index (χ0n) is 14.3. The van der Waals surface area contributed by atoms with Crippen LogP contribution in [0.5, 0.6) is 0 Å². The third kappa shape index (κ3) is 4.91. The Bertz CT molecular complexity index is 796. The maximum Gasteiger partial charge on any atom is 0.338 e. The van der Waals surface area contributed by atoms with Crippen molar-refractivity contribution in [3.63, 3.8) is 0 Å². The second kappa shape index (κ2) is 8.10. The van der Waals surface area contributed by atoms with E-state index in [0.29, 0.717) is 11.3 Å². The number of rotatable bonds is 5. The van der Waals surface area contributed by atoms with Crippen LogP contribution in [0.2, 0.25) is 0 Å². The van der Waals surface area contributed by atoms with E-state index in [2.05, 4.69) is 10.1 Å². The molecule has 0 spiro atoms. The Morgan fingerprint density at radius 3 is 2.04 bits per heavy atom. The Balaban J connectivity index is 1.89. The average molecular weight is 341 g/mol. The zero-order chi connectivity index (χ0) is 18.4. The summed E-state index contributed by atoms with van der Waals surface area (Å²) in [7, 11) is 1.28. The van der Waals surface area contributed by atoms with E-state index in [0.717, 1.165) is 11.1 Å². The molecule has 0 fully saturated rings. The SMILES string of the molecule is COC(=O)c1ccc(C(=O)OCC(=O)Nc2ccc(C)c(C)c2)cc1. The van der Waals surface area contributed by atoms with Gasteiger partial charge < -0.3 is 14.8 Å². The maximum atomic E-state index is 11.9. The first-order chi connectivity index (χ1) is 11.9. The van der Waals surface area contributed by atoms with Gasteiger partial charge in [0.25, 0.3) is 5.91 Å². The first-order valence-electron chi connectivity index (χ1n) is 7.63. The standard InChI is InChI=1S/C19H19NO5/c1-12-4-9-16(10-13(12)2)20-17(21)11-25-19(23)15-7-5-14(6-8-15)18(22)24-3/h4-10H,11H2,1-3H3,(H,20,21). The van der Waals surface area contributed by atoms with Gasteiger partial charge >= 0.3 is 11.9 Å². The van der Waals surface area contributed by atoms with Gasteiger partial charge in [-0.1, -0.05) is 6.07 Å². The van der Waals surface area contributed by atoms with E-state index in [1.807, 2.05) is 26.0 Å². The van der Waals surface area contributed by atoms with E-state index >= 15 is 0 Å². The van der Waals surface area contributed by atoms with Crippen molar-refractivity contribution in [2.75, 3.05) is 19.0 Å². The van der Waals surface area contributed by atoms with Crippen LogP contribution in [0, 0.1) is 13.8 Å². The molecular formula is C19H19NO5. The van der Waals surface area contributed by atoms with Gasteiger partial charge in [-0.25, -0.2) is 9.59 Å². The highest BCUT2D eigenvalue weighted by Crippen LogP contribution is 2.14. The Kier molecular flexibility index (Phi) is 5.89. The normalized spacial score (nSPS) is 10.0. The van der Waals surface area contributed by atoms with Crippen molar-refractivity contribution >= 4 is 23.5 Å². The summed E-state index contributed by atoms with van der Waals surface area (Å²) in [4.78, 5) is 35.1. The molecule has 0 saturated carbocycles. The fourth-order valence-corrected chi connectivity index (χ4v) is 2.09. The number of carbonyl (C=O) groups excluding carboxylic acids is 3. The number of esters is 2. The van der Waals surface area contributed by atoms with Crippen molar-refractivity contribution in [1.29, 1.82) is 0 Å². The zero-order valence-corrected chi connectivity index (χ0v) is 14.3. The number of hydrogen-bond acceptors (Lipinski definition) is 5. The molecule has 130 valence electrons. The molecule has 0 aliphatic heterocycles. The predicted octanol–water partition coefficient (Wildman–Crippen LogP) is 2.89. The molecule has 6 nitrogen and oxygen atoms in total. The van der Waals surface area contributed by atoms with Crippen LogP contribution in [0.3, 0.4) is 0 Å². The Morgan fingerprint density at radius 1 is 0.880 bits per heavy atom. The summed E-state index contributed by atoms with van der Waals surface area (Å²) in [5.74, 6) is -1.57. The highest BCUT2D eigenvalue weighted by Gasteiger charge is 2.12. The Labute approximate surface area is 145 Å². The molecule has 0 saturated heterocycles. The smallest absolute Gasteiger partial charge is 0.338 e. The highest BCUT2D eigenvalue weighted by atomic mass is 16.5. The van der Waals surface area contributed by atoms with E-state index < -0.39 is 24.5 Å². The minimum Gasteiger partial charge on any atom is -0.465 e. The lowest BCUT2D eigenvalue weighted by Crippen LogP contribution is -2.21. The summed E-state index contributed by atoms with van der Waals surface area (Å²) in [5, 5.41) is 2.67. The summed E-state index contributed by atoms with van der Waals surface area (Å²) in [6.45, 7) is 3.53. The molecule has 1 amide bonds. The molecule has 0 aliphatic rings. The van der Waals surface area contributed by atoms with Gasteiger partial charge in [-0.05, 0) is 61.4 Å². The number of anilines is 1. The van der Waals surface area contributed by atoms with Crippen molar-refractivity contribution in [3.8, 4) is 0 Å². The molecule has 0 aliphatic carbocycles. The summed E-state index contributed by atoms with van der Waals surface area (Å²) in [6.07, 6.45) is 0. The van der Waals surface area contributed by atoms with Gasteiger partial charge in [0, 0.05) is 5.69 Å². The number of carbonyl (C=O) groups is 3. The molecule has 0 atom stereocenters.